The largest absolute Gasteiger partial charge is 0.497 e. The summed E-state index contributed by atoms with van der Waals surface area (Å²) in [5.74, 6) is 0.385. The van der Waals surface area contributed by atoms with Crippen LogP contribution in [0.4, 0.5) is 5.69 Å². The first-order valence-corrected chi connectivity index (χ1v) is 10.5. The third kappa shape index (κ3) is 6.45. The number of thioether (sulfide) groups is 1. The average Bonchev–Trinajstić information content (AvgIpc) is 3.26. The third-order valence-electron chi connectivity index (χ3n) is 4.09. The van der Waals surface area contributed by atoms with Crippen LogP contribution >= 0.6 is 11.8 Å². The van der Waals surface area contributed by atoms with E-state index < -0.39 is 0 Å². The highest BCUT2D eigenvalue weighted by atomic mass is 32.2. The predicted molar refractivity (Wildman–Crippen MR) is 119 cm³/mol. The van der Waals surface area contributed by atoms with E-state index in [4.69, 9.17) is 9.47 Å². The molecule has 0 aliphatic heterocycles. The molecular weight excluding hydrogens is 416 g/mol. The first-order valence-electron chi connectivity index (χ1n) is 9.51. The second-order valence-corrected chi connectivity index (χ2v) is 7.17. The lowest BCUT2D eigenvalue weighted by molar-refractivity contribution is -0.137. The van der Waals surface area contributed by atoms with Gasteiger partial charge in [-0.25, -0.2) is 4.79 Å². The van der Waals surface area contributed by atoms with Gasteiger partial charge in [-0.3, -0.25) is 9.36 Å². The van der Waals surface area contributed by atoms with Crippen LogP contribution in [0.2, 0.25) is 0 Å². The van der Waals surface area contributed by atoms with Gasteiger partial charge in [0.2, 0.25) is 5.91 Å². The SMILES string of the molecule is CCOC(=O)/C=C/c1ccc(NC(=O)CSc2nncn2-c2ccc(OC)cc2)cc1. The second-order valence-electron chi connectivity index (χ2n) is 6.23. The van der Waals surface area contributed by atoms with Gasteiger partial charge in [0.15, 0.2) is 5.16 Å². The number of carbonyl (C=O) groups excluding carboxylic acids is 2. The summed E-state index contributed by atoms with van der Waals surface area (Å²) in [6.45, 7) is 2.09. The molecule has 1 amide bonds. The van der Waals surface area contributed by atoms with Gasteiger partial charge in [-0.15, -0.1) is 10.2 Å². The molecule has 3 aromatic rings. The lowest BCUT2D eigenvalue weighted by Gasteiger charge is -2.08. The number of hydrogen-bond donors (Lipinski definition) is 1. The topological polar surface area (TPSA) is 95.3 Å². The van der Waals surface area contributed by atoms with E-state index in [0.717, 1.165) is 17.0 Å². The van der Waals surface area contributed by atoms with E-state index in [1.807, 2.05) is 28.8 Å². The summed E-state index contributed by atoms with van der Waals surface area (Å²) in [7, 11) is 1.61. The number of rotatable bonds is 9. The van der Waals surface area contributed by atoms with Crippen LogP contribution in [-0.4, -0.2) is 46.1 Å². The van der Waals surface area contributed by atoms with Crippen molar-refractivity contribution in [2.45, 2.75) is 12.1 Å². The molecule has 1 aromatic heterocycles. The number of aromatic nitrogens is 3. The molecule has 9 heteroatoms. The first kappa shape index (κ1) is 22.1. The molecule has 0 unspecified atom stereocenters. The van der Waals surface area contributed by atoms with Crippen LogP contribution in [0.15, 0.2) is 66.1 Å². The number of nitrogens with one attached hydrogen (secondary N) is 1. The molecule has 0 atom stereocenters. The number of carbonyl (C=O) groups is 2. The van der Waals surface area contributed by atoms with Gasteiger partial charge in [0.1, 0.15) is 12.1 Å². The standard InChI is InChI=1S/C22H22N4O4S/c1-3-30-21(28)13-6-16-4-7-17(8-5-16)24-20(27)14-31-22-25-23-15-26(22)18-9-11-19(29-2)12-10-18/h4-13,15H,3,14H2,1-2H3,(H,24,27)/b13-6+. The van der Waals surface area contributed by atoms with E-state index in [9.17, 15) is 9.59 Å². The summed E-state index contributed by atoms with van der Waals surface area (Å²) in [6.07, 6.45) is 4.63. The third-order valence-corrected chi connectivity index (χ3v) is 5.04. The van der Waals surface area contributed by atoms with Gasteiger partial charge in [-0.05, 0) is 55.0 Å². The van der Waals surface area contributed by atoms with Crippen LogP contribution in [-0.2, 0) is 14.3 Å². The van der Waals surface area contributed by atoms with Crippen LogP contribution in [0.5, 0.6) is 5.75 Å². The Hall–Kier alpha value is -3.59. The molecule has 0 fully saturated rings. The molecule has 0 radical (unpaired) electrons. The molecular formula is C22H22N4O4S. The van der Waals surface area contributed by atoms with Crippen molar-refractivity contribution in [1.29, 1.82) is 0 Å². The minimum Gasteiger partial charge on any atom is -0.497 e. The van der Waals surface area contributed by atoms with Crippen LogP contribution in [0, 0.1) is 0 Å². The van der Waals surface area contributed by atoms with E-state index in [2.05, 4.69) is 15.5 Å². The normalized spacial score (nSPS) is 10.8. The Morgan fingerprint density at radius 3 is 2.55 bits per heavy atom. The molecule has 0 aliphatic rings. The zero-order valence-electron chi connectivity index (χ0n) is 17.1. The van der Waals surface area contributed by atoms with Crippen LogP contribution in [0.25, 0.3) is 11.8 Å². The van der Waals surface area contributed by atoms with Crippen molar-refractivity contribution in [1.82, 2.24) is 14.8 Å². The van der Waals surface area contributed by atoms with Crippen molar-refractivity contribution in [3.63, 3.8) is 0 Å². The van der Waals surface area contributed by atoms with E-state index >= 15 is 0 Å². The number of amides is 1. The Labute approximate surface area is 184 Å². The van der Waals surface area contributed by atoms with Gasteiger partial charge >= 0.3 is 5.97 Å². The van der Waals surface area contributed by atoms with Crippen molar-refractivity contribution in [2.75, 3.05) is 24.8 Å². The fraction of sp³-hybridized carbons (Fsp3) is 0.182. The lowest BCUT2D eigenvalue weighted by Crippen LogP contribution is -2.14. The molecule has 0 bridgehead atoms. The number of methoxy groups -OCH3 is 1. The van der Waals surface area contributed by atoms with Gasteiger partial charge < -0.3 is 14.8 Å². The number of anilines is 1. The zero-order valence-corrected chi connectivity index (χ0v) is 18.0. The number of ether oxygens (including phenoxy) is 2. The molecule has 8 nitrogen and oxygen atoms in total. The van der Waals surface area contributed by atoms with E-state index in [1.165, 1.54) is 17.8 Å². The molecule has 2 aromatic carbocycles. The Balaban J connectivity index is 1.54. The fourth-order valence-electron chi connectivity index (χ4n) is 2.60. The maximum atomic E-state index is 12.3. The highest BCUT2D eigenvalue weighted by Crippen LogP contribution is 2.22. The second kappa shape index (κ2) is 11.0. The fourth-order valence-corrected chi connectivity index (χ4v) is 3.33. The van der Waals surface area contributed by atoms with Gasteiger partial charge in [0.05, 0.1) is 19.5 Å². The monoisotopic (exact) mass is 438 g/mol. The van der Waals surface area contributed by atoms with Crippen molar-refractivity contribution in [2.24, 2.45) is 0 Å². The molecule has 160 valence electrons. The summed E-state index contributed by atoms with van der Waals surface area (Å²) < 4.78 is 11.8. The molecule has 0 spiro atoms. The maximum absolute atomic E-state index is 12.3. The predicted octanol–water partition coefficient (Wildman–Crippen LogP) is 3.58. The molecule has 1 N–H and O–H groups in total. The molecule has 0 saturated carbocycles. The van der Waals surface area contributed by atoms with Crippen molar-refractivity contribution >= 4 is 35.4 Å². The summed E-state index contributed by atoms with van der Waals surface area (Å²) in [6, 6.07) is 14.6. The molecule has 0 saturated heterocycles. The van der Waals surface area contributed by atoms with Crippen LogP contribution in [0.3, 0.4) is 0 Å². The van der Waals surface area contributed by atoms with E-state index in [-0.39, 0.29) is 17.6 Å². The van der Waals surface area contributed by atoms with Crippen molar-refractivity contribution in [3.8, 4) is 11.4 Å². The Bertz CT molecular complexity index is 1050. The minimum atomic E-state index is -0.389. The summed E-state index contributed by atoms with van der Waals surface area (Å²) in [5.41, 5.74) is 2.36. The maximum Gasteiger partial charge on any atom is 0.330 e. The van der Waals surface area contributed by atoms with Gasteiger partial charge in [-0.1, -0.05) is 23.9 Å². The summed E-state index contributed by atoms with van der Waals surface area (Å²) in [4.78, 5) is 23.7. The smallest absolute Gasteiger partial charge is 0.330 e. The Morgan fingerprint density at radius 1 is 1.13 bits per heavy atom. The Morgan fingerprint density at radius 2 is 1.87 bits per heavy atom. The van der Waals surface area contributed by atoms with Gasteiger partial charge in [-0.2, -0.15) is 0 Å². The lowest BCUT2D eigenvalue weighted by atomic mass is 10.2. The molecule has 1 heterocycles. The molecule has 31 heavy (non-hydrogen) atoms. The van der Waals surface area contributed by atoms with Crippen LogP contribution in [0.1, 0.15) is 12.5 Å². The summed E-state index contributed by atoms with van der Waals surface area (Å²) >= 11 is 1.29. The van der Waals surface area contributed by atoms with E-state index in [1.54, 1.807) is 50.7 Å². The average molecular weight is 439 g/mol. The minimum absolute atomic E-state index is 0.163. The number of esters is 1. The van der Waals surface area contributed by atoms with Crippen molar-refractivity contribution in [3.05, 3.63) is 66.5 Å². The highest BCUT2D eigenvalue weighted by Gasteiger charge is 2.11. The first-order chi connectivity index (χ1) is 15.1. The molecule has 3 rings (SSSR count). The number of benzene rings is 2. The van der Waals surface area contributed by atoms with Gasteiger partial charge in [0.25, 0.3) is 0 Å². The molecule has 0 aliphatic carbocycles. The number of nitrogens with zero attached hydrogens (tertiary/aromatic N) is 3. The Kier molecular flexibility index (Phi) is 7.83. The van der Waals surface area contributed by atoms with Crippen molar-refractivity contribution < 1.29 is 19.1 Å². The quantitative estimate of drug-likeness (QED) is 0.310. The van der Waals surface area contributed by atoms with Crippen LogP contribution < -0.4 is 10.1 Å². The highest BCUT2D eigenvalue weighted by molar-refractivity contribution is 7.99. The summed E-state index contributed by atoms with van der Waals surface area (Å²) in [5, 5.41) is 11.5. The zero-order chi connectivity index (χ0) is 22.1. The number of hydrogen-bond acceptors (Lipinski definition) is 7. The van der Waals surface area contributed by atoms with E-state index in [0.29, 0.717) is 17.5 Å². The van der Waals surface area contributed by atoms with Gasteiger partial charge in [0, 0.05) is 17.5 Å².